The number of amides is 2. The number of carbonyl (C=O) groups excluding carboxylic acids is 2. The summed E-state index contributed by atoms with van der Waals surface area (Å²) in [4.78, 5) is 28.7. The molecule has 1 aromatic rings. The quantitative estimate of drug-likeness (QED) is 0.735. The molecule has 2 amide bonds. The summed E-state index contributed by atoms with van der Waals surface area (Å²) in [5, 5.41) is 5.72. The van der Waals surface area contributed by atoms with Gasteiger partial charge >= 0.3 is 0 Å². The molecule has 0 aromatic carbocycles. The van der Waals surface area contributed by atoms with E-state index in [1.165, 1.54) is 18.4 Å². The largest absolute Gasteiger partial charge is 0.376 e. The van der Waals surface area contributed by atoms with E-state index in [2.05, 4.69) is 21.7 Å². The van der Waals surface area contributed by atoms with Gasteiger partial charge in [0.15, 0.2) is 0 Å². The zero-order chi connectivity index (χ0) is 18.2. The minimum absolute atomic E-state index is 0.0829. The number of ether oxygens (including phenoxy) is 1. The first-order valence-electron chi connectivity index (χ1n) is 9.55. The number of hydrogen-bond donors (Lipinski definition) is 2. The third kappa shape index (κ3) is 5.39. The monoisotopic (exact) mass is 357 g/mol. The molecule has 1 aromatic heterocycles. The fourth-order valence-electron chi connectivity index (χ4n) is 3.35. The van der Waals surface area contributed by atoms with Crippen LogP contribution in [0.5, 0.6) is 0 Å². The van der Waals surface area contributed by atoms with Gasteiger partial charge in [0.05, 0.1) is 6.10 Å². The van der Waals surface area contributed by atoms with Crippen molar-refractivity contribution in [3.8, 4) is 0 Å². The molecule has 26 heavy (non-hydrogen) atoms. The number of rotatable bonds is 7. The molecule has 1 aliphatic heterocycles. The highest BCUT2D eigenvalue weighted by molar-refractivity contribution is 5.96. The van der Waals surface area contributed by atoms with Crippen LogP contribution in [0.3, 0.4) is 0 Å². The van der Waals surface area contributed by atoms with Crippen molar-refractivity contribution in [2.75, 3.05) is 19.7 Å². The molecule has 2 aliphatic rings. The van der Waals surface area contributed by atoms with Crippen LogP contribution in [-0.4, -0.2) is 42.6 Å². The number of aromatic nitrogens is 1. The number of allylic oxidation sites excluding steroid dienone is 1. The third-order valence-corrected chi connectivity index (χ3v) is 4.85. The van der Waals surface area contributed by atoms with Gasteiger partial charge in [-0.25, -0.2) is 4.98 Å². The summed E-state index contributed by atoms with van der Waals surface area (Å²) in [6.45, 7) is 1.83. The highest BCUT2D eigenvalue weighted by atomic mass is 16.5. The summed E-state index contributed by atoms with van der Waals surface area (Å²) in [6.07, 6.45) is 10.0. The van der Waals surface area contributed by atoms with Crippen molar-refractivity contribution in [1.29, 1.82) is 0 Å². The van der Waals surface area contributed by atoms with Crippen LogP contribution in [0.25, 0.3) is 0 Å². The molecular formula is C20H27N3O3. The van der Waals surface area contributed by atoms with E-state index in [0.29, 0.717) is 13.1 Å². The smallest absolute Gasteiger partial charge is 0.269 e. The Morgan fingerprint density at radius 3 is 2.62 bits per heavy atom. The number of nitrogens with zero attached hydrogens (tertiary/aromatic N) is 1. The Hall–Kier alpha value is -2.21. The van der Waals surface area contributed by atoms with Gasteiger partial charge in [-0.15, -0.1) is 0 Å². The van der Waals surface area contributed by atoms with Gasteiger partial charge in [-0.1, -0.05) is 17.7 Å². The van der Waals surface area contributed by atoms with Gasteiger partial charge in [-0.05, 0) is 57.1 Å². The van der Waals surface area contributed by atoms with Crippen LogP contribution in [-0.2, 0) is 4.74 Å². The molecule has 1 aliphatic carbocycles. The Bertz CT molecular complexity index is 666. The van der Waals surface area contributed by atoms with Crippen LogP contribution >= 0.6 is 0 Å². The zero-order valence-electron chi connectivity index (χ0n) is 15.1. The lowest BCUT2D eigenvalue weighted by atomic mass is 9.97. The van der Waals surface area contributed by atoms with Crippen molar-refractivity contribution in [2.24, 2.45) is 0 Å². The standard InChI is InChI=1S/C20H27N3O3/c24-19(21-12-11-15-6-2-1-3-7-15)17-9-4-10-18(23-17)20(25)22-14-16-8-5-13-26-16/h4,6,9-10,16H,1-3,5,7-8,11-14H2,(H,21,24)(H,22,25). The van der Waals surface area contributed by atoms with E-state index in [0.717, 1.165) is 38.7 Å². The SMILES string of the molecule is O=C(NCCC1=CCCCC1)c1cccc(C(=O)NCC2CCCO2)n1. The average Bonchev–Trinajstić information content (AvgIpc) is 3.20. The molecule has 0 radical (unpaired) electrons. The minimum atomic E-state index is -0.275. The van der Waals surface area contributed by atoms with E-state index >= 15 is 0 Å². The second-order valence-electron chi connectivity index (χ2n) is 6.87. The van der Waals surface area contributed by atoms with E-state index in [-0.39, 0.29) is 29.3 Å². The van der Waals surface area contributed by atoms with Crippen molar-refractivity contribution in [3.05, 3.63) is 41.2 Å². The van der Waals surface area contributed by atoms with Crippen LogP contribution < -0.4 is 10.6 Å². The summed E-state index contributed by atoms with van der Waals surface area (Å²) in [5.74, 6) is -0.516. The van der Waals surface area contributed by atoms with Crippen LogP contribution in [0, 0.1) is 0 Å². The first kappa shape index (κ1) is 18.6. The van der Waals surface area contributed by atoms with Crippen LogP contribution in [0.2, 0.25) is 0 Å². The van der Waals surface area contributed by atoms with Gasteiger partial charge in [0.2, 0.25) is 0 Å². The predicted octanol–water partition coefficient (Wildman–Crippen LogP) is 2.61. The maximum absolute atomic E-state index is 12.3. The average molecular weight is 357 g/mol. The number of carbonyl (C=O) groups is 2. The fourth-order valence-corrected chi connectivity index (χ4v) is 3.35. The Kier molecular flexibility index (Phi) is 6.77. The predicted molar refractivity (Wildman–Crippen MR) is 99.0 cm³/mol. The Morgan fingerprint density at radius 1 is 1.12 bits per heavy atom. The van der Waals surface area contributed by atoms with Gasteiger partial charge in [0.25, 0.3) is 11.8 Å². The lowest BCUT2D eigenvalue weighted by Gasteiger charge is -2.13. The molecule has 0 spiro atoms. The highest BCUT2D eigenvalue weighted by Gasteiger charge is 2.18. The van der Waals surface area contributed by atoms with Gasteiger partial charge in [-0.3, -0.25) is 9.59 Å². The Balaban J connectivity index is 1.48. The molecule has 3 rings (SSSR count). The Morgan fingerprint density at radius 2 is 1.92 bits per heavy atom. The second kappa shape index (κ2) is 9.48. The number of pyridine rings is 1. The molecule has 2 heterocycles. The molecule has 0 saturated carbocycles. The molecule has 1 fully saturated rings. The lowest BCUT2D eigenvalue weighted by molar-refractivity contribution is 0.0853. The first-order chi connectivity index (χ1) is 12.7. The van der Waals surface area contributed by atoms with Crippen LogP contribution in [0.15, 0.2) is 29.8 Å². The highest BCUT2D eigenvalue weighted by Crippen LogP contribution is 2.19. The van der Waals surface area contributed by atoms with Crippen LogP contribution in [0.4, 0.5) is 0 Å². The zero-order valence-corrected chi connectivity index (χ0v) is 15.1. The number of nitrogens with one attached hydrogen (secondary N) is 2. The van der Waals surface area contributed by atoms with Crippen molar-refractivity contribution < 1.29 is 14.3 Å². The van der Waals surface area contributed by atoms with Crippen LogP contribution in [0.1, 0.15) is 65.9 Å². The molecule has 1 atom stereocenters. The molecule has 1 saturated heterocycles. The van der Waals surface area contributed by atoms with Gasteiger partial charge in [0.1, 0.15) is 11.4 Å². The summed E-state index contributed by atoms with van der Waals surface area (Å²) in [5.41, 5.74) is 1.95. The third-order valence-electron chi connectivity index (χ3n) is 4.85. The first-order valence-corrected chi connectivity index (χ1v) is 9.55. The van der Waals surface area contributed by atoms with Crippen molar-refractivity contribution in [2.45, 2.75) is 51.0 Å². The topological polar surface area (TPSA) is 80.3 Å². The summed E-state index contributed by atoms with van der Waals surface area (Å²) >= 11 is 0. The second-order valence-corrected chi connectivity index (χ2v) is 6.87. The van der Waals surface area contributed by atoms with Crippen molar-refractivity contribution in [3.63, 3.8) is 0 Å². The van der Waals surface area contributed by atoms with Crippen molar-refractivity contribution in [1.82, 2.24) is 15.6 Å². The summed E-state index contributed by atoms with van der Waals surface area (Å²) < 4.78 is 5.49. The van der Waals surface area contributed by atoms with E-state index in [1.807, 2.05) is 0 Å². The molecule has 2 N–H and O–H groups in total. The van der Waals surface area contributed by atoms with Gasteiger partial charge < -0.3 is 15.4 Å². The van der Waals surface area contributed by atoms with E-state index in [9.17, 15) is 9.59 Å². The van der Waals surface area contributed by atoms with E-state index in [4.69, 9.17) is 4.74 Å². The molecular weight excluding hydrogens is 330 g/mol. The maximum atomic E-state index is 12.3. The van der Waals surface area contributed by atoms with Gasteiger partial charge in [-0.2, -0.15) is 0 Å². The molecule has 140 valence electrons. The normalized spacial score (nSPS) is 19.7. The summed E-state index contributed by atoms with van der Waals surface area (Å²) in [6, 6.07) is 4.94. The molecule has 6 heteroatoms. The van der Waals surface area contributed by atoms with E-state index in [1.54, 1.807) is 18.2 Å². The fraction of sp³-hybridized carbons (Fsp3) is 0.550. The molecule has 0 bridgehead atoms. The minimum Gasteiger partial charge on any atom is -0.376 e. The maximum Gasteiger partial charge on any atom is 0.269 e. The van der Waals surface area contributed by atoms with E-state index < -0.39 is 0 Å². The summed E-state index contributed by atoms with van der Waals surface area (Å²) in [7, 11) is 0. The molecule has 1 unspecified atom stereocenters. The van der Waals surface area contributed by atoms with Gasteiger partial charge in [0, 0.05) is 19.7 Å². The molecule has 6 nitrogen and oxygen atoms in total. The Labute approximate surface area is 154 Å². The van der Waals surface area contributed by atoms with Crippen molar-refractivity contribution >= 4 is 11.8 Å². The number of hydrogen-bond acceptors (Lipinski definition) is 4. The lowest BCUT2D eigenvalue weighted by Crippen LogP contribution is -2.33.